The Bertz CT molecular complexity index is 1600. The van der Waals surface area contributed by atoms with E-state index in [1.165, 1.54) is 0 Å². The van der Waals surface area contributed by atoms with Crippen molar-refractivity contribution in [2.45, 2.75) is 30.7 Å². The molecular formula is C28H26O18. The van der Waals surface area contributed by atoms with E-state index in [1.807, 2.05) is 0 Å². The van der Waals surface area contributed by atoms with Gasteiger partial charge in [-0.2, -0.15) is 0 Å². The third-order valence-electron chi connectivity index (χ3n) is 6.63. The van der Waals surface area contributed by atoms with E-state index in [2.05, 4.69) is 0 Å². The highest BCUT2D eigenvalue weighted by Crippen LogP contribution is 2.38. The van der Waals surface area contributed by atoms with Crippen molar-refractivity contribution in [1.82, 2.24) is 0 Å². The lowest BCUT2D eigenvalue weighted by atomic mass is 9.98. The Morgan fingerprint density at radius 3 is 1.33 bits per heavy atom. The van der Waals surface area contributed by atoms with Crippen molar-refractivity contribution in [3.8, 4) is 51.7 Å². The molecule has 10 N–H and O–H groups in total. The number of esters is 3. The number of carbonyl (C=O) groups excluding carboxylic acids is 3. The van der Waals surface area contributed by atoms with E-state index < -0.39 is 124 Å². The number of hydrogen-bond donors (Lipinski definition) is 10. The molecule has 0 amide bonds. The van der Waals surface area contributed by atoms with Crippen molar-refractivity contribution < 1.29 is 89.1 Å². The van der Waals surface area contributed by atoms with Crippen LogP contribution < -0.4 is 0 Å². The molecule has 1 saturated heterocycles. The van der Waals surface area contributed by atoms with Crippen LogP contribution in [0.4, 0.5) is 0 Å². The molecule has 46 heavy (non-hydrogen) atoms. The van der Waals surface area contributed by atoms with Crippen LogP contribution in [0.15, 0.2) is 36.4 Å². The van der Waals surface area contributed by atoms with Gasteiger partial charge in [-0.1, -0.05) is 0 Å². The molecule has 1 aliphatic rings. The molecule has 1 aliphatic heterocycles. The van der Waals surface area contributed by atoms with Crippen LogP contribution in [0.1, 0.15) is 31.1 Å². The van der Waals surface area contributed by atoms with Crippen molar-refractivity contribution in [2.24, 2.45) is 0 Å². The molecule has 246 valence electrons. The summed E-state index contributed by atoms with van der Waals surface area (Å²) in [6.45, 7) is -0.854. The lowest BCUT2D eigenvalue weighted by Gasteiger charge is -2.42. The van der Waals surface area contributed by atoms with Crippen LogP contribution >= 0.6 is 0 Å². The summed E-state index contributed by atoms with van der Waals surface area (Å²) in [5.41, 5.74) is -1.56. The number of benzene rings is 3. The van der Waals surface area contributed by atoms with E-state index in [1.54, 1.807) is 0 Å². The summed E-state index contributed by atoms with van der Waals surface area (Å²) in [4.78, 5) is 38.9. The monoisotopic (exact) mass is 650 g/mol. The highest BCUT2D eigenvalue weighted by Gasteiger charge is 2.51. The zero-order valence-electron chi connectivity index (χ0n) is 23.3. The molecule has 0 spiro atoms. The first-order valence-electron chi connectivity index (χ1n) is 12.8. The smallest absolute Gasteiger partial charge is 0.338 e. The first-order chi connectivity index (χ1) is 21.6. The number of rotatable bonds is 8. The molecule has 3 aromatic rings. The van der Waals surface area contributed by atoms with E-state index in [9.17, 15) is 65.4 Å². The highest BCUT2D eigenvalue weighted by molar-refractivity contribution is 5.93. The van der Waals surface area contributed by atoms with Gasteiger partial charge in [0.15, 0.2) is 70.2 Å². The van der Waals surface area contributed by atoms with Gasteiger partial charge in [0.1, 0.15) is 18.8 Å². The Morgan fingerprint density at radius 1 is 0.609 bits per heavy atom. The maximum absolute atomic E-state index is 13.1. The van der Waals surface area contributed by atoms with E-state index in [4.69, 9.17) is 23.7 Å². The third-order valence-corrected chi connectivity index (χ3v) is 6.63. The Morgan fingerprint density at radius 2 is 0.957 bits per heavy atom. The van der Waals surface area contributed by atoms with Crippen LogP contribution in [0.25, 0.3) is 0 Å². The average molecular weight is 650 g/mol. The molecule has 0 saturated carbocycles. The SMILES string of the molecule is COC1OC(COC(=O)c2cc(O)c(O)c(O)c2)C(OC(=O)c2cc(O)c(O)c(O)c2)C(OC(=O)c2cc(O)c(O)c(O)c2)C1O. The van der Waals surface area contributed by atoms with Gasteiger partial charge in [-0.05, 0) is 36.4 Å². The molecule has 5 unspecified atom stereocenters. The first-order valence-corrected chi connectivity index (χ1v) is 12.8. The molecular weight excluding hydrogens is 624 g/mol. The fraction of sp³-hybridized carbons (Fsp3) is 0.250. The minimum Gasteiger partial charge on any atom is -0.504 e. The predicted octanol–water partition coefficient (Wildman–Crippen LogP) is 0.377. The molecule has 5 atom stereocenters. The van der Waals surface area contributed by atoms with Crippen LogP contribution in [0.5, 0.6) is 51.7 Å². The molecule has 0 aromatic heterocycles. The summed E-state index contributed by atoms with van der Waals surface area (Å²) in [6.07, 6.45) is -9.05. The molecule has 18 nitrogen and oxygen atoms in total. The van der Waals surface area contributed by atoms with Gasteiger partial charge < -0.3 is 74.7 Å². The number of aromatic hydroxyl groups is 9. The molecule has 18 heteroatoms. The number of methoxy groups -OCH3 is 1. The first kappa shape index (κ1) is 33.1. The predicted molar refractivity (Wildman–Crippen MR) is 145 cm³/mol. The quantitative estimate of drug-likeness (QED) is 0.0894. The zero-order valence-corrected chi connectivity index (χ0v) is 23.3. The lowest BCUT2D eigenvalue weighted by molar-refractivity contribution is -0.292. The fourth-order valence-electron chi connectivity index (χ4n) is 4.29. The van der Waals surface area contributed by atoms with Gasteiger partial charge in [0.2, 0.25) is 0 Å². The van der Waals surface area contributed by atoms with Crippen LogP contribution in [0.2, 0.25) is 0 Å². The number of aliphatic hydroxyl groups excluding tert-OH is 1. The molecule has 0 aliphatic carbocycles. The van der Waals surface area contributed by atoms with Crippen LogP contribution in [0.3, 0.4) is 0 Å². The van der Waals surface area contributed by atoms with E-state index >= 15 is 0 Å². The van der Waals surface area contributed by atoms with Gasteiger partial charge in [0.05, 0.1) is 16.7 Å². The van der Waals surface area contributed by atoms with Gasteiger partial charge in [0.25, 0.3) is 0 Å². The Labute approximate surface area is 256 Å². The van der Waals surface area contributed by atoms with Crippen LogP contribution in [-0.4, -0.2) is 113 Å². The zero-order chi connectivity index (χ0) is 34.0. The summed E-state index contributed by atoms with van der Waals surface area (Å²) in [5, 5.41) is 98.4. The van der Waals surface area contributed by atoms with Gasteiger partial charge in [-0.3, -0.25) is 0 Å². The fourth-order valence-corrected chi connectivity index (χ4v) is 4.29. The molecule has 3 aromatic carbocycles. The van der Waals surface area contributed by atoms with Gasteiger partial charge in [0, 0.05) is 7.11 Å². The Kier molecular flexibility index (Phi) is 9.36. The summed E-state index contributed by atoms with van der Waals surface area (Å²) in [6, 6.07) is 4.35. The number of carbonyl (C=O) groups is 3. The second-order valence-electron chi connectivity index (χ2n) is 9.70. The normalized spacial score (nSPS) is 20.9. The van der Waals surface area contributed by atoms with E-state index in [0.29, 0.717) is 24.3 Å². The Balaban J connectivity index is 1.69. The number of phenolic OH excluding ortho intramolecular Hbond substituents is 9. The third kappa shape index (κ3) is 6.62. The van der Waals surface area contributed by atoms with Gasteiger partial charge >= 0.3 is 17.9 Å². The Hall–Kier alpha value is -5.85. The van der Waals surface area contributed by atoms with E-state index in [0.717, 1.165) is 19.2 Å². The number of ether oxygens (including phenoxy) is 5. The molecule has 0 radical (unpaired) electrons. The molecule has 0 bridgehead atoms. The summed E-state index contributed by atoms with van der Waals surface area (Å²) in [7, 11) is 1.07. The van der Waals surface area contributed by atoms with Crippen molar-refractivity contribution in [1.29, 1.82) is 0 Å². The lowest BCUT2D eigenvalue weighted by Crippen LogP contribution is -2.61. The van der Waals surface area contributed by atoms with Crippen molar-refractivity contribution in [3.63, 3.8) is 0 Å². The van der Waals surface area contributed by atoms with E-state index in [-0.39, 0.29) is 0 Å². The van der Waals surface area contributed by atoms with Crippen LogP contribution in [0, 0.1) is 0 Å². The topological polar surface area (TPSA) is 300 Å². The summed E-state index contributed by atoms with van der Waals surface area (Å²) >= 11 is 0. The largest absolute Gasteiger partial charge is 0.504 e. The summed E-state index contributed by atoms with van der Waals surface area (Å²) < 4.78 is 26.6. The maximum Gasteiger partial charge on any atom is 0.338 e. The van der Waals surface area contributed by atoms with Gasteiger partial charge in [-0.25, -0.2) is 14.4 Å². The number of hydrogen-bond acceptors (Lipinski definition) is 18. The minimum absolute atomic E-state index is 0.453. The second-order valence-corrected chi connectivity index (χ2v) is 9.70. The molecule has 4 rings (SSSR count). The standard InChI is InChI=1S/C28H26O18/c1-42-28-22(38)24(46-27(41)11-6-16(33)21(37)17(34)7-11)23(45-26(40)10-4-14(31)20(36)15(32)5-10)18(44-28)8-43-25(39)9-2-12(29)19(35)13(30)3-9/h2-7,18,22-24,28-38H,8H2,1H3. The number of aliphatic hydroxyl groups is 1. The van der Waals surface area contributed by atoms with Crippen molar-refractivity contribution in [3.05, 3.63) is 53.1 Å². The summed E-state index contributed by atoms with van der Waals surface area (Å²) in [5.74, 6) is -12.2. The maximum atomic E-state index is 13.1. The molecule has 1 heterocycles. The average Bonchev–Trinajstić information content (AvgIpc) is 3.01. The minimum atomic E-state index is -1.94. The second kappa shape index (κ2) is 13.0. The number of phenols is 9. The van der Waals surface area contributed by atoms with Crippen molar-refractivity contribution >= 4 is 17.9 Å². The van der Waals surface area contributed by atoms with Crippen LogP contribution in [-0.2, 0) is 23.7 Å². The molecule has 1 fully saturated rings. The van der Waals surface area contributed by atoms with Gasteiger partial charge in [-0.15, -0.1) is 0 Å². The van der Waals surface area contributed by atoms with Crippen molar-refractivity contribution in [2.75, 3.05) is 13.7 Å². The highest BCUT2D eigenvalue weighted by atomic mass is 16.7.